The van der Waals surface area contributed by atoms with Crippen molar-refractivity contribution in [3.63, 3.8) is 0 Å². The highest BCUT2D eigenvalue weighted by atomic mass is 16.2. The molecule has 5 heteroatoms. The van der Waals surface area contributed by atoms with Crippen molar-refractivity contribution in [2.24, 2.45) is 11.0 Å². The van der Waals surface area contributed by atoms with E-state index >= 15 is 0 Å². The van der Waals surface area contributed by atoms with Crippen LogP contribution in [0.25, 0.3) is 0 Å². The summed E-state index contributed by atoms with van der Waals surface area (Å²) in [6, 6.07) is 1.81. The van der Waals surface area contributed by atoms with Gasteiger partial charge in [-0.1, -0.05) is 12.8 Å². The second kappa shape index (κ2) is 4.72. The Kier molecular flexibility index (Phi) is 3.05. The van der Waals surface area contributed by atoms with Crippen LogP contribution in [-0.4, -0.2) is 21.6 Å². The second-order valence-corrected chi connectivity index (χ2v) is 5.37. The Balaban J connectivity index is 1.89. The fourth-order valence-corrected chi connectivity index (χ4v) is 2.92. The molecule has 0 spiro atoms. The van der Waals surface area contributed by atoms with Crippen LogP contribution in [0, 0.1) is 19.8 Å². The number of hydrogen-bond donors (Lipinski definition) is 0. The van der Waals surface area contributed by atoms with Gasteiger partial charge in [-0.05, 0) is 32.6 Å². The third-order valence-electron chi connectivity index (χ3n) is 3.79. The molecular weight excluding hydrogens is 240 g/mol. The minimum atomic E-state index is 0.0272. The molecule has 0 radical (unpaired) electrons. The summed E-state index contributed by atoms with van der Waals surface area (Å²) in [5, 5.41) is 5.97. The number of hydrazone groups is 1. The van der Waals surface area contributed by atoms with E-state index in [0.717, 1.165) is 11.4 Å². The predicted molar refractivity (Wildman–Crippen MR) is 73.0 cm³/mol. The van der Waals surface area contributed by atoms with Gasteiger partial charge in [-0.25, -0.2) is 9.97 Å². The van der Waals surface area contributed by atoms with E-state index in [2.05, 4.69) is 15.1 Å². The molecule has 0 saturated heterocycles. The average molecular weight is 258 g/mol. The lowest BCUT2D eigenvalue weighted by Crippen LogP contribution is -2.21. The number of hydrogen-bond acceptors (Lipinski definition) is 4. The van der Waals surface area contributed by atoms with Crippen molar-refractivity contribution >= 4 is 17.4 Å². The Hall–Kier alpha value is -1.78. The molecule has 1 fully saturated rings. The molecule has 0 N–H and O–H groups in total. The quantitative estimate of drug-likeness (QED) is 0.818. The maximum Gasteiger partial charge on any atom is 0.254 e. The van der Waals surface area contributed by atoms with Crippen LogP contribution in [0.3, 0.4) is 0 Å². The maximum atomic E-state index is 12.1. The molecule has 1 aliphatic carbocycles. The van der Waals surface area contributed by atoms with Crippen molar-refractivity contribution in [2.45, 2.75) is 46.0 Å². The summed E-state index contributed by atoms with van der Waals surface area (Å²) in [5.74, 6) is 1.80. The van der Waals surface area contributed by atoms with E-state index in [4.69, 9.17) is 0 Å². The van der Waals surface area contributed by atoms with E-state index in [0.29, 0.717) is 24.0 Å². The first-order valence-electron chi connectivity index (χ1n) is 6.86. The smallest absolute Gasteiger partial charge is 0.254 e. The number of rotatable bonds is 2. The van der Waals surface area contributed by atoms with Crippen molar-refractivity contribution in [1.82, 2.24) is 9.97 Å². The van der Waals surface area contributed by atoms with Gasteiger partial charge in [-0.2, -0.15) is 10.1 Å². The average Bonchev–Trinajstić information content (AvgIpc) is 2.95. The molecule has 0 bridgehead atoms. The van der Waals surface area contributed by atoms with Crippen molar-refractivity contribution in [3.8, 4) is 0 Å². The second-order valence-electron chi connectivity index (χ2n) is 5.37. The van der Waals surface area contributed by atoms with Crippen LogP contribution in [-0.2, 0) is 4.79 Å². The molecule has 1 aromatic rings. The van der Waals surface area contributed by atoms with Crippen molar-refractivity contribution in [2.75, 3.05) is 5.01 Å². The molecule has 19 heavy (non-hydrogen) atoms. The van der Waals surface area contributed by atoms with Gasteiger partial charge in [0.1, 0.15) is 5.82 Å². The van der Waals surface area contributed by atoms with Gasteiger partial charge in [-0.15, -0.1) is 0 Å². The highest BCUT2D eigenvalue weighted by molar-refractivity contribution is 6.13. The minimum absolute atomic E-state index is 0.0272. The monoisotopic (exact) mass is 258 g/mol. The Bertz CT molecular complexity index is 526. The number of aryl methyl sites for hydroxylation is 2. The number of carbonyl (C=O) groups is 1. The molecule has 1 saturated carbocycles. The standard InChI is InChI=1S/C14H18N4O/c1-9-7-13(16-10(2)15-9)18-14(19)8-12(17-18)11-5-3-4-6-11/h7,11H,3-6,8H2,1-2H3. The number of carbonyl (C=O) groups excluding carboxylic acids is 1. The van der Waals surface area contributed by atoms with Crippen LogP contribution < -0.4 is 5.01 Å². The Morgan fingerprint density at radius 3 is 2.63 bits per heavy atom. The van der Waals surface area contributed by atoms with Crippen LogP contribution in [0.1, 0.15) is 43.6 Å². The zero-order valence-corrected chi connectivity index (χ0v) is 11.4. The molecule has 1 amide bonds. The molecule has 0 unspecified atom stereocenters. The third kappa shape index (κ3) is 2.37. The number of anilines is 1. The summed E-state index contributed by atoms with van der Waals surface area (Å²) >= 11 is 0. The van der Waals surface area contributed by atoms with Crippen LogP contribution in [0.4, 0.5) is 5.82 Å². The molecule has 5 nitrogen and oxygen atoms in total. The predicted octanol–water partition coefficient (Wildman–Crippen LogP) is 2.38. The summed E-state index contributed by atoms with van der Waals surface area (Å²) in [4.78, 5) is 20.7. The highest BCUT2D eigenvalue weighted by Gasteiger charge is 2.32. The molecular formula is C14H18N4O. The molecule has 100 valence electrons. The van der Waals surface area contributed by atoms with Crippen LogP contribution in [0.5, 0.6) is 0 Å². The maximum absolute atomic E-state index is 12.1. The first-order valence-corrected chi connectivity index (χ1v) is 6.86. The van der Waals surface area contributed by atoms with Crippen molar-refractivity contribution < 1.29 is 4.79 Å². The number of nitrogens with zero attached hydrogens (tertiary/aromatic N) is 4. The number of aromatic nitrogens is 2. The molecule has 1 aliphatic heterocycles. The molecule has 3 rings (SSSR count). The first kappa shape index (κ1) is 12.3. The normalized spacial score (nSPS) is 20.2. The van der Waals surface area contributed by atoms with E-state index < -0.39 is 0 Å². The fourth-order valence-electron chi connectivity index (χ4n) is 2.92. The van der Waals surface area contributed by atoms with Gasteiger partial charge < -0.3 is 0 Å². The SMILES string of the molecule is Cc1cc(N2N=C(C3CCCC3)CC2=O)nc(C)n1. The third-order valence-corrected chi connectivity index (χ3v) is 3.79. The summed E-state index contributed by atoms with van der Waals surface area (Å²) < 4.78 is 0. The molecule has 2 aliphatic rings. The zero-order chi connectivity index (χ0) is 13.4. The number of amides is 1. The van der Waals surface area contributed by atoms with E-state index in [1.54, 1.807) is 0 Å². The highest BCUT2D eigenvalue weighted by Crippen LogP contribution is 2.31. The molecule has 0 atom stereocenters. The summed E-state index contributed by atoms with van der Waals surface area (Å²) in [6.45, 7) is 3.74. The summed E-state index contributed by atoms with van der Waals surface area (Å²) in [7, 11) is 0. The van der Waals surface area contributed by atoms with E-state index in [1.807, 2.05) is 19.9 Å². The first-order chi connectivity index (χ1) is 9.13. The van der Waals surface area contributed by atoms with Gasteiger partial charge in [0.05, 0.1) is 12.1 Å². The zero-order valence-electron chi connectivity index (χ0n) is 11.4. The Morgan fingerprint density at radius 2 is 1.95 bits per heavy atom. The largest absolute Gasteiger partial charge is 0.272 e. The lowest BCUT2D eigenvalue weighted by Gasteiger charge is -2.11. The van der Waals surface area contributed by atoms with Crippen LogP contribution >= 0.6 is 0 Å². The van der Waals surface area contributed by atoms with E-state index in [-0.39, 0.29) is 5.91 Å². The lowest BCUT2D eigenvalue weighted by atomic mass is 10.00. The van der Waals surface area contributed by atoms with Gasteiger partial charge in [0.25, 0.3) is 5.91 Å². The van der Waals surface area contributed by atoms with Crippen LogP contribution in [0.15, 0.2) is 11.2 Å². The topological polar surface area (TPSA) is 58.5 Å². The van der Waals surface area contributed by atoms with Crippen molar-refractivity contribution in [1.29, 1.82) is 0 Å². The fraction of sp³-hybridized carbons (Fsp3) is 0.571. The molecule has 1 aromatic heterocycles. The molecule has 0 aromatic carbocycles. The van der Waals surface area contributed by atoms with Gasteiger partial charge in [0.2, 0.25) is 0 Å². The summed E-state index contributed by atoms with van der Waals surface area (Å²) in [5.41, 5.74) is 1.90. The van der Waals surface area contributed by atoms with Gasteiger partial charge >= 0.3 is 0 Å². The Morgan fingerprint density at radius 1 is 1.21 bits per heavy atom. The van der Waals surface area contributed by atoms with Crippen molar-refractivity contribution in [3.05, 3.63) is 17.6 Å². The van der Waals surface area contributed by atoms with Crippen LogP contribution in [0.2, 0.25) is 0 Å². The van der Waals surface area contributed by atoms with E-state index in [1.165, 1.54) is 30.7 Å². The van der Waals surface area contributed by atoms with E-state index in [9.17, 15) is 4.79 Å². The lowest BCUT2D eigenvalue weighted by molar-refractivity contribution is -0.117. The van der Waals surface area contributed by atoms with Gasteiger partial charge in [-0.3, -0.25) is 4.79 Å². The molecule has 2 heterocycles. The van der Waals surface area contributed by atoms with Gasteiger partial charge in [0.15, 0.2) is 5.82 Å². The summed E-state index contributed by atoms with van der Waals surface area (Å²) in [6.07, 6.45) is 5.30. The Labute approximate surface area is 112 Å². The van der Waals surface area contributed by atoms with Gasteiger partial charge in [0, 0.05) is 11.8 Å². The minimum Gasteiger partial charge on any atom is -0.272 e.